The summed E-state index contributed by atoms with van der Waals surface area (Å²) in [6.07, 6.45) is 6.42. The van der Waals surface area contributed by atoms with Crippen molar-refractivity contribution in [3.05, 3.63) is 34.3 Å². The van der Waals surface area contributed by atoms with E-state index in [-0.39, 0.29) is 0 Å². The van der Waals surface area contributed by atoms with Gasteiger partial charge in [0.15, 0.2) is 0 Å². The Kier molecular flexibility index (Phi) is 9.21. The third kappa shape index (κ3) is 7.44. The van der Waals surface area contributed by atoms with Crippen LogP contribution in [-0.2, 0) is 6.42 Å². The molecule has 1 aromatic carbocycles. The highest BCUT2D eigenvalue weighted by Gasteiger charge is 2.11. The van der Waals surface area contributed by atoms with Crippen LogP contribution in [0.3, 0.4) is 0 Å². The molecule has 0 aliphatic carbocycles. The Morgan fingerprint density at radius 3 is 2.55 bits per heavy atom. The second kappa shape index (κ2) is 10.4. The number of benzene rings is 1. The van der Waals surface area contributed by atoms with Crippen molar-refractivity contribution in [1.82, 2.24) is 5.32 Å². The lowest BCUT2D eigenvalue weighted by Crippen LogP contribution is -2.25. The molecule has 0 bridgehead atoms. The van der Waals surface area contributed by atoms with Gasteiger partial charge in [-0.15, -0.1) is 0 Å². The zero-order valence-electron chi connectivity index (χ0n) is 13.3. The van der Waals surface area contributed by atoms with Crippen LogP contribution in [0.15, 0.2) is 28.7 Å². The molecule has 20 heavy (non-hydrogen) atoms. The van der Waals surface area contributed by atoms with Crippen LogP contribution >= 0.6 is 15.9 Å². The summed E-state index contributed by atoms with van der Waals surface area (Å²) in [5.74, 6) is 1.57. The molecular formula is C18H30BrN. The second-order valence-corrected chi connectivity index (χ2v) is 7.04. The van der Waals surface area contributed by atoms with Crippen molar-refractivity contribution in [2.75, 3.05) is 13.1 Å². The van der Waals surface area contributed by atoms with Crippen molar-refractivity contribution in [1.29, 1.82) is 0 Å². The van der Waals surface area contributed by atoms with Gasteiger partial charge in [0, 0.05) is 4.47 Å². The highest BCUT2D eigenvalue weighted by molar-refractivity contribution is 9.10. The molecule has 1 atom stereocenters. The standard InChI is InChI=1S/C18H30BrN/c1-4-12-20-14-16(9-7-8-15(2)3)13-17-10-5-6-11-18(17)19/h5-6,10-11,15-16,20H,4,7-9,12-14H2,1-3H3. The van der Waals surface area contributed by atoms with Gasteiger partial charge in [-0.3, -0.25) is 0 Å². The molecular weight excluding hydrogens is 310 g/mol. The summed E-state index contributed by atoms with van der Waals surface area (Å²) in [4.78, 5) is 0. The fourth-order valence-corrected chi connectivity index (χ4v) is 3.00. The third-order valence-corrected chi connectivity index (χ3v) is 4.49. The van der Waals surface area contributed by atoms with Crippen LogP contribution in [0.4, 0.5) is 0 Å². The molecule has 0 fully saturated rings. The predicted octanol–water partition coefficient (Wildman–Crippen LogP) is 5.43. The minimum atomic E-state index is 0.749. The molecule has 0 aliphatic rings. The molecule has 1 N–H and O–H groups in total. The zero-order valence-corrected chi connectivity index (χ0v) is 14.9. The quantitative estimate of drug-likeness (QED) is 0.560. The smallest absolute Gasteiger partial charge is 0.0207 e. The summed E-state index contributed by atoms with van der Waals surface area (Å²) in [5.41, 5.74) is 1.44. The first-order valence-electron chi connectivity index (χ1n) is 8.07. The van der Waals surface area contributed by atoms with E-state index in [1.807, 2.05) is 0 Å². The largest absolute Gasteiger partial charge is 0.316 e. The fourth-order valence-electron chi connectivity index (χ4n) is 2.55. The molecule has 0 aromatic heterocycles. The van der Waals surface area contributed by atoms with E-state index in [0.29, 0.717) is 0 Å². The molecule has 0 spiro atoms. The molecule has 0 saturated carbocycles. The van der Waals surface area contributed by atoms with Crippen molar-refractivity contribution >= 4 is 15.9 Å². The van der Waals surface area contributed by atoms with Gasteiger partial charge < -0.3 is 5.32 Å². The van der Waals surface area contributed by atoms with Crippen LogP contribution in [-0.4, -0.2) is 13.1 Å². The summed E-state index contributed by atoms with van der Waals surface area (Å²) in [5, 5.41) is 3.60. The lowest BCUT2D eigenvalue weighted by Gasteiger charge is -2.19. The van der Waals surface area contributed by atoms with Crippen LogP contribution in [0.1, 0.15) is 52.0 Å². The topological polar surface area (TPSA) is 12.0 Å². The Hall–Kier alpha value is -0.340. The SMILES string of the molecule is CCCNCC(CCCC(C)C)Cc1ccccc1Br. The van der Waals surface area contributed by atoms with E-state index in [1.165, 1.54) is 42.1 Å². The molecule has 1 rings (SSSR count). The van der Waals surface area contributed by atoms with E-state index in [2.05, 4.69) is 66.3 Å². The van der Waals surface area contributed by atoms with Crippen LogP contribution < -0.4 is 5.32 Å². The van der Waals surface area contributed by atoms with Crippen molar-refractivity contribution in [3.8, 4) is 0 Å². The Bertz CT molecular complexity index is 362. The van der Waals surface area contributed by atoms with E-state index in [4.69, 9.17) is 0 Å². The summed E-state index contributed by atoms with van der Waals surface area (Å²) in [6.45, 7) is 9.15. The lowest BCUT2D eigenvalue weighted by molar-refractivity contribution is 0.406. The van der Waals surface area contributed by atoms with E-state index in [1.54, 1.807) is 0 Å². The van der Waals surface area contributed by atoms with Crippen molar-refractivity contribution < 1.29 is 0 Å². The lowest BCUT2D eigenvalue weighted by atomic mass is 9.92. The van der Waals surface area contributed by atoms with Gasteiger partial charge in [0.1, 0.15) is 0 Å². The maximum absolute atomic E-state index is 3.68. The average molecular weight is 340 g/mol. The molecule has 0 saturated heterocycles. The van der Waals surface area contributed by atoms with Crippen LogP contribution in [0.5, 0.6) is 0 Å². The molecule has 0 aliphatic heterocycles. The molecule has 1 nitrogen and oxygen atoms in total. The zero-order chi connectivity index (χ0) is 14.8. The minimum Gasteiger partial charge on any atom is -0.316 e. The highest BCUT2D eigenvalue weighted by Crippen LogP contribution is 2.22. The average Bonchev–Trinajstić information content (AvgIpc) is 2.41. The van der Waals surface area contributed by atoms with E-state index < -0.39 is 0 Å². The molecule has 2 heteroatoms. The first-order chi connectivity index (χ1) is 9.63. The fraction of sp³-hybridized carbons (Fsp3) is 0.667. The van der Waals surface area contributed by atoms with Crippen LogP contribution in [0.2, 0.25) is 0 Å². The maximum atomic E-state index is 3.68. The summed E-state index contributed by atoms with van der Waals surface area (Å²) in [6, 6.07) is 8.64. The first kappa shape index (κ1) is 17.7. The molecule has 0 radical (unpaired) electrons. The Morgan fingerprint density at radius 2 is 1.90 bits per heavy atom. The van der Waals surface area contributed by atoms with Gasteiger partial charge >= 0.3 is 0 Å². The minimum absolute atomic E-state index is 0.749. The normalized spacial score (nSPS) is 12.8. The highest BCUT2D eigenvalue weighted by atomic mass is 79.9. The van der Waals surface area contributed by atoms with E-state index in [0.717, 1.165) is 24.9 Å². The first-order valence-corrected chi connectivity index (χ1v) is 8.86. The Labute approximate surface area is 133 Å². The Morgan fingerprint density at radius 1 is 1.15 bits per heavy atom. The van der Waals surface area contributed by atoms with Gasteiger partial charge in [0.2, 0.25) is 0 Å². The third-order valence-electron chi connectivity index (χ3n) is 3.72. The van der Waals surface area contributed by atoms with Gasteiger partial charge in [0.05, 0.1) is 0 Å². The van der Waals surface area contributed by atoms with E-state index in [9.17, 15) is 0 Å². The van der Waals surface area contributed by atoms with Gasteiger partial charge in [-0.1, -0.05) is 67.7 Å². The van der Waals surface area contributed by atoms with Gasteiger partial charge in [0.25, 0.3) is 0 Å². The molecule has 0 heterocycles. The van der Waals surface area contributed by atoms with Crippen LogP contribution in [0.25, 0.3) is 0 Å². The Balaban J connectivity index is 2.50. The molecule has 114 valence electrons. The van der Waals surface area contributed by atoms with Crippen molar-refractivity contribution in [3.63, 3.8) is 0 Å². The number of nitrogens with one attached hydrogen (secondary N) is 1. The number of halogens is 1. The summed E-state index contributed by atoms with van der Waals surface area (Å²) >= 11 is 3.68. The van der Waals surface area contributed by atoms with Crippen molar-refractivity contribution in [2.45, 2.75) is 52.9 Å². The number of hydrogen-bond acceptors (Lipinski definition) is 1. The molecule has 1 aromatic rings. The summed E-state index contributed by atoms with van der Waals surface area (Å²) < 4.78 is 1.25. The van der Waals surface area contributed by atoms with Crippen molar-refractivity contribution in [2.24, 2.45) is 11.8 Å². The van der Waals surface area contributed by atoms with Gasteiger partial charge in [-0.25, -0.2) is 0 Å². The van der Waals surface area contributed by atoms with E-state index >= 15 is 0 Å². The molecule has 0 amide bonds. The van der Waals surface area contributed by atoms with Gasteiger partial charge in [-0.05, 0) is 55.8 Å². The van der Waals surface area contributed by atoms with Gasteiger partial charge in [-0.2, -0.15) is 0 Å². The predicted molar refractivity (Wildman–Crippen MR) is 93.2 cm³/mol. The summed E-state index contributed by atoms with van der Waals surface area (Å²) in [7, 11) is 0. The second-order valence-electron chi connectivity index (χ2n) is 6.19. The molecule has 1 unspecified atom stereocenters. The van der Waals surface area contributed by atoms with Crippen LogP contribution in [0, 0.1) is 11.8 Å². The number of rotatable bonds is 10. The maximum Gasteiger partial charge on any atom is 0.0207 e. The number of hydrogen-bond donors (Lipinski definition) is 1. The monoisotopic (exact) mass is 339 g/mol.